The predicted octanol–water partition coefficient (Wildman–Crippen LogP) is 1.93. The van der Waals surface area contributed by atoms with Crippen LogP contribution in [0.5, 0.6) is 0 Å². The van der Waals surface area contributed by atoms with Crippen LogP contribution < -0.4 is 21.9 Å². The number of carbonyl (C=O) groups excluding carboxylic acids is 2. The molecule has 144 valence electrons. The third-order valence-electron chi connectivity index (χ3n) is 3.30. The summed E-state index contributed by atoms with van der Waals surface area (Å²) in [5.74, 6) is -2.20. The van der Waals surface area contributed by atoms with Crippen LogP contribution in [-0.2, 0) is 4.79 Å². The van der Waals surface area contributed by atoms with Crippen molar-refractivity contribution in [1.82, 2.24) is 15.0 Å². The van der Waals surface area contributed by atoms with E-state index in [4.69, 9.17) is 5.73 Å². The summed E-state index contributed by atoms with van der Waals surface area (Å²) in [5.41, 5.74) is 4.48. The molecule has 3 aromatic rings. The maximum absolute atomic E-state index is 13.7. The number of H-pyrrole nitrogens is 1. The van der Waals surface area contributed by atoms with E-state index in [-0.39, 0.29) is 33.9 Å². The van der Waals surface area contributed by atoms with Crippen LogP contribution in [0.25, 0.3) is 0 Å². The van der Waals surface area contributed by atoms with Gasteiger partial charge in [0.25, 0.3) is 11.5 Å². The first-order chi connectivity index (χ1) is 13.4. The molecule has 0 fully saturated rings. The molecule has 0 atom stereocenters. The number of nitrogen functional groups attached to an aromatic ring is 1. The second-order valence-corrected chi connectivity index (χ2v) is 7.10. The number of thiazole rings is 1. The molecule has 0 radical (unpaired) electrons. The minimum Gasteiger partial charge on any atom is -0.382 e. The van der Waals surface area contributed by atoms with E-state index in [2.05, 4.69) is 25.6 Å². The van der Waals surface area contributed by atoms with Crippen molar-refractivity contribution in [3.05, 3.63) is 57.6 Å². The second kappa shape index (κ2) is 8.63. The van der Waals surface area contributed by atoms with Crippen LogP contribution in [0.15, 0.2) is 45.8 Å². The molecular weight excluding hydrogens is 407 g/mol. The Hall–Kier alpha value is -3.25. The third kappa shape index (κ3) is 4.72. The van der Waals surface area contributed by atoms with Gasteiger partial charge in [-0.25, -0.2) is 14.4 Å². The smallest absolute Gasteiger partial charge is 0.277 e. The first-order valence-corrected chi connectivity index (χ1v) is 9.58. The number of nitrogens with zero attached hydrogens (tertiary/aromatic N) is 2. The zero-order chi connectivity index (χ0) is 20.1. The summed E-state index contributed by atoms with van der Waals surface area (Å²) in [6.07, 6.45) is 1.56. The number of halogens is 1. The Kier molecular flexibility index (Phi) is 6.01. The normalized spacial score (nSPS) is 10.5. The van der Waals surface area contributed by atoms with E-state index in [1.807, 2.05) is 0 Å². The molecule has 3 rings (SSSR count). The summed E-state index contributed by atoms with van der Waals surface area (Å²) in [4.78, 5) is 46.5. The SMILES string of the molecule is Nc1nc(SCC(=O)Nc2nccs2)[nH]c(=O)c1NC(=O)c1ccccc1F. The van der Waals surface area contributed by atoms with E-state index < -0.39 is 17.3 Å². The molecule has 0 unspecified atom stereocenters. The molecule has 1 aromatic carbocycles. The number of aromatic amines is 1. The van der Waals surface area contributed by atoms with E-state index in [0.717, 1.165) is 17.8 Å². The number of rotatable bonds is 6. The fraction of sp³-hybridized carbons (Fsp3) is 0.0625. The topological polar surface area (TPSA) is 143 Å². The van der Waals surface area contributed by atoms with Crippen molar-refractivity contribution in [1.29, 1.82) is 0 Å². The minimum atomic E-state index is -0.833. The molecule has 2 heterocycles. The van der Waals surface area contributed by atoms with Crippen LogP contribution in [0.3, 0.4) is 0 Å². The number of hydrogen-bond acceptors (Lipinski definition) is 8. The average Bonchev–Trinajstić information content (AvgIpc) is 3.16. The van der Waals surface area contributed by atoms with Gasteiger partial charge >= 0.3 is 0 Å². The fourth-order valence-corrected chi connectivity index (χ4v) is 3.27. The van der Waals surface area contributed by atoms with E-state index in [1.54, 1.807) is 11.6 Å². The van der Waals surface area contributed by atoms with Gasteiger partial charge in [0.15, 0.2) is 16.1 Å². The number of hydrogen-bond donors (Lipinski definition) is 4. The lowest BCUT2D eigenvalue weighted by atomic mass is 10.2. The average molecular weight is 420 g/mol. The van der Waals surface area contributed by atoms with Crippen LogP contribution in [0.2, 0.25) is 0 Å². The molecule has 0 bridgehead atoms. The highest BCUT2D eigenvalue weighted by atomic mass is 32.2. The van der Waals surface area contributed by atoms with Gasteiger partial charge in [-0.15, -0.1) is 11.3 Å². The van der Waals surface area contributed by atoms with Crippen molar-refractivity contribution in [2.45, 2.75) is 5.16 Å². The molecular formula is C16H13FN6O3S2. The summed E-state index contributed by atoms with van der Waals surface area (Å²) in [6.45, 7) is 0. The molecule has 0 aliphatic carbocycles. The number of nitrogens with one attached hydrogen (secondary N) is 3. The second-order valence-electron chi connectivity index (χ2n) is 5.24. The lowest BCUT2D eigenvalue weighted by Crippen LogP contribution is -2.24. The van der Waals surface area contributed by atoms with Gasteiger partial charge < -0.3 is 16.4 Å². The molecule has 28 heavy (non-hydrogen) atoms. The largest absolute Gasteiger partial charge is 0.382 e. The summed E-state index contributed by atoms with van der Waals surface area (Å²) < 4.78 is 13.7. The van der Waals surface area contributed by atoms with Crippen LogP contribution >= 0.6 is 23.1 Å². The summed E-state index contributed by atoms with van der Waals surface area (Å²) in [6, 6.07) is 5.32. The molecule has 2 aromatic heterocycles. The van der Waals surface area contributed by atoms with Gasteiger partial charge in [-0.2, -0.15) is 0 Å². The first-order valence-electron chi connectivity index (χ1n) is 7.72. The molecule has 5 N–H and O–H groups in total. The molecule has 0 spiro atoms. The third-order valence-corrected chi connectivity index (χ3v) is 4.86. The minimum absolute atomic E-state index is 0.0388. The van der Waals surface area contributed by atoms with Crippen LogP contribution in [0.4, 0.5) is 21.0 Å². The highest BCUT2D eigenvalue weighted by Crippen LogP contribution is 2.18. The van der Waals surface area contributed by atoms with Crippen molar-refractivity contribution in [2.24, 2.45) is 0 Å². The van der Waals surface area contributed by atoms with Crippen LogP contribution in [0.1, 0.15) is 10.4 Å². The monoisotopic (exact) mass is 420 g/mol. The van der Waals surface area contributed by atoms with E-state index in [9.17, 15) is 18.8 Å². The molecule has 12 heteroatoms. The quantitative estimate of drug-likeness (QED) is 0.352. The highest BCUT2D eigenvalue weighted by molar-refractivity contribution is 7.99. The molecule has 0 saturated heterocycles. The lowest BCUT2D eigenvalue weighted by molar-refractivity contribution is -0.113. The van der Waals surface area contributed by atoms with Gasteiger partial charge in [-0.1, -0.05) is 23.9 Å². The first kappa shape index (κ1) is 19.5. The number of amides is 2. The zero-order valence-electron chi connectivity index (χ0n) is 14.1. The van der Waals surface area contributed by atoms with Crippen molar-refractivity contribution < 1.29 is 14.0 Å². The Morgan fingerprint density at radius 1 is 1.29 bits per heavy atom. The van der Waals surface area contributed by atoms with E-state index in [0.29, 0.717) is 5.13 Å². The van der Waals surface area contributed by atoms with Gasteiger partial charge in [0.05, 0.1) is 11.3 Å². The summed E-state index contributed by atoms with van der Waals surface area (Å²) in [5, 5.41) is 7.11. The molecule has 0 saturated carbocycles. The lowest BCUT2D eigenvalue weighted by Gasteiger charge is -2.09. The standard InChI is InChI=1S/C16H13FN6O3S2/c17-9-4-2-1-3-8(9)13(25)21-11-12(18)22-16(23-14(11)26)28-7-10(24)20-15-19-5-6-27-15/h1-6H,7H2,(H,21,25)(H,19,20,24)(H3,18,22,23,26). The van der Waals surface area contributed by atoms with Gasteiger partial charge in [-0.3, -0.25) is 19.4 Å². The molecule has 0 aliphatic heterocycles. The number of benzene rings is 1. The Balaban J connectivity index is 1.67. The zero-order valence-corrected chi connectivity index (χ0v) is 15.7. The van der Waals surface area contributed by atoms with E-state index in [1.165, 1.54) is 29.5 Å². The number of thioether (sulfide) groups is 1. The Bertz CT molecular complexity index is 1070. The van der Waals surface area contributed by atoms with Crippen molar-refractivity contribution in [2.75, 3.05) is 22.1 Å². The van der Waals surface area contributed by atoms with Gasteiger partial charge in [-0.05, 0) is 12.1 Å². The van der Waals surface area contributed by atoms with Gasteiger partial charge in [0.1, 0.15) is 11.5 Å². The van der Waals surface area contributed by atoms with Crippen molar-refractivity contribution >= 4 is 51.5 Å². The number of carbonyl (C=O) groups is 2. The van der Waals surface area contributed by atoms with Crippen LogP contribution in [0, 0.1) is 5.82 Å². The predicted molar refractivity (Wildman–Crippen MR) is 105 cm³/mol. The van der Waals surface area contributed by atoms with Gasteiger partial charge in [0.2, 0.25) is 5.91 Å². The Labute approximate surface area is 165 Å². The molecule has 0 aliphatic rings. The number of anilines is 3. The van der Waals surface area contributed by atoms with Crippen LogP contribution in [-0.4, -0.2) is 32.5 Å². The fourth-order valence-electron chi connectivity index (χ4n) is 2.06. The maximum Gasteiger partial charge on any atom is 0.277 e. The molecule has 9 nitrogen and oxygen atoms in total. The number of aromatic nitrogens is 3. The van der Waals surface area contributed by atoms with Crippen molar-refractivity contribution in [3.63, 3.8) is 0 Å². The Morgan fingerprint density at radius 2 is 2.07 bits per heavy atom. The summed E-state index contributed by atoms with van der Waals surface area (Å²) in [7, 11) is 0. The number of nitrogens with two attached hydrogens (primary N) is 1. The highest BCUT2D eigenvalue weighted by Gasteiger charge is 2.17. The Morgan fingerprint density at radius 3 is 2.75 bits per heavy atom. The summed E-state index contributed by atoms with van der Waals surface area (Å²) >= 11 is 2.22. The van der Waals surface area contributed by atoms with Gasteiger partial charge in [0, 0.05) is 11.6 Å². The molecule has 2 amide bonds. The maximum atomic E-state index is 13.7. The van der Waals surface area contributed by atoms with Crippen molar-refractivity contribution in [3.8, 4) is 0 Å². The van der Waals surface area contributed by atoms with E-state index >= 15 is 0 Å².